The van der Waals surface area contributed by atoms with Gasteiger partial charge in [-0.05, 0) is 36.4 Å². The lowest BCUT2D eigenvalue weighted by molar-refractivity contribution is -0.385. The Morgan fingerprint density at radius 2 is 1.88 bits per heavy atom. The summed E-state index contributed by atoms with van der Waals surface area (Å²) in [5.74, 6) is -0.0637. The molecular weight excluding hydrogens is 359 g/mol. The predicted octanol–water partition coefficient (Wildman–Crippen LogP) is 2.41. The summed E-state index contributed by atoms with van der Waals surface area (Å²) in [6.07, 6.45) is 1.46. The third-order valence-electron chi connectivity index (χ3n) is 3.70. The summed E-state index contributed by atoms with van der Waals surface area (Å²) < 4.78 is 14.4. The summed E-state index contributed by atoms with van der Waals surface area (Å²) in [6, 6.07) is 11.8. The van der Waals surface area contributed by atoms with Crippen LogP contribution in [-0.4, -0.2) is 19.5 Å². The van der Waals surface area contributed by atoms with Gasteiger partial charge in [-0.15, -0.1) is 5.10 Å². The Labute approximate surface area is 148 Å². The second kappa shape index (κ2) is 6.12. The third kappa shape index (κ3) is 2.74. The average Bonchev–Trinajstić information content (AvgIpc) is 3.16. The molecule has 0 aliphatic carbocycles. The maximum atomic E-state index is 13.0. The Morgan fingerprint density at radius 1 is 1.15 bits per heavy atom. The van der Waals surface area contributed by atoms with Gasteiger partial charge < -0.3 is 0 Å². The van der Waals surface area contributed by atoms with Crippen LogP contribution in [-0.2, 0) is 0 Å². The monoisotopic (exact) mass is 368 g/mol. The van der Waals surface area contributed by atoms with Crippen molar-refractivity contribution >= 4 is 28.1 Å². The normalized spacial score (nSPS) is 12.0. The van der Waals surface area contributed by atoms with Crippen molar-refractivity contribution in [3.8, 4) is 11.4 Å². The van der Waals surface area contributed by atoms with E-state index in [4.69, 9.17) is 0 Å². The Kier molecular flexibility index (Phi) is 3.77. The molecule has 0 spiro atoms. The van der Waals surface area contributed by atoms with E-state index in [9.17, 15) is 19.3 Å². The number of para-hydroxylation sites is 1. The SMILES string of the molecule is O=c1c(=Cc2ccccc2[N+](=O)[O-])sc2nc(-c3ccc(F)cc3)nn12. The van der Waals surface area contributed by atoms with Gasteiger partial charge >= 0.3 is 0 Å². The summed E-state index contributed by atoms with van der Waals surface area (Å²) in [6.45, 7) is 0. The molecule has 7 nitrogen and oxygen atoms in total. The molecule has 0 aliphatic heterocycles. The number of rotatable bonds is 3. The van der Waals surface area contributed by atoms with Gasteiger partial charge in [0.1, 0.15) is 5.82 Å². The highest BCUT2D eigenvalue weighted by molar-refractivity contribution is 7.15. The molecule has 0 fully saturated rings. The number of benzene rings is 2. The summed E-state index contributed by atoms with van der Waals surface area (Å²) in [4.78, 5) is 27.8. The van der Waals surface area contributed by atoms with Crippen molar-refractivity contribution in [2.45, 2.75) is 0 Å². The number of nitro groups is 1. The first-order valence-electron chi connectivity index (χ1n) is 7.43. The van der Waals surface area contributed by atoms with Gasteiger partial charge in [-0.1, -0.05) is 23.5 Å². The lowest BCUT2D eigenvalue weighted by Gasteiger charge is -1.95. The summed E-state index contributed by atoms with van der Waals surface area (Å²) in [5.41, 5.74) is 0.422. The van der Waals surface area contributed by atoms with Crippen LogP contribution in [0.25, 0.3) is 22.4 Å². The van der Waals surface area contributed by atoms with Crippen LogP contribution in [0.3, 0.4) is 0 Å². The van der Waals surface area contributed by atoms with Crippen LogP contribution in [0.15, 0.2) is 53.3 Å². The van der Waals surface area contributed by atoms with Crippen LogP contribution in [0.5, 0.6) is 0 Å². The molecule has 0 unspecified atom stereocenters. The summed E-state index contributed by atoms with van der Waals surface area (Å²) in [5, 5.41) is 15.3. The number of nitro benzene ring substituents is 1. The number of halogens is 1. The van der Waals surface area contributed by atoms with Gasteiger partial charge in [0.25, 0.3) is 11.2 Å². The molecule has 0 N–H and O–H groups in total. The molecule has 0 saturated heterocycles. The van der Waals surface area contributed by atoms with Gasteiger partial charge in [0, 0.05) is 11.6 Å². The first-order valence-corrected chi connectivity index (χ1v) is 8.25. The molecule has 4 rings (SSSR count). The van der Waals surface area contributed by atoms with Crippen molar-refractivity contribution in [3.05, 3.63) is 84.9 Å². The maximum Gasteiger partial charge on any atom is 0.291 e. The largest absolute Gasteiger partial charge is 0.291 e. The minimum atomic E-state index is -0.500. The van der Waals surface area contributed by atoms with E-state index in [0.29, 0.717) is 26.4 Å². The van der Waals surface area contributed by atoms with Crippen molar-refractivity contribution in [2.75, 3.05) is 0 Å². The van der Waals surface area contributed by atoms with Gasteiger partial charge in [0.15, 0.2) is 5.82 Å². The first-order chi connectivity index (χ1) is 12.5. The molecule has 0 saturated carbocycles. The van der Waals surface area contributed by atoms with E-state index >= 15 is 0 Å². The molecule has 2 aromatic heterocycles. The number of aromatic nitrogens is 3. The van der Waals surface area contributed by atoms with E-state index in [1.54, 1.807) is 18.2 Å². The predicted molar refractivity (Wildman–Crippen MR) is 94.4 cm³/mol. The van der Waals surface area contributed by atoms with E-state index < -0.39 is 10.5 Å². The first kappa shape index (κ1) is 16.0. The Morgan fingerprint density at radius 3 is 2.58 bits per heavy atom. The number of nitrogens with zero attached hydrogens (tertiary/aromatic N) is 4. The van der Waals surface area contributed by atoms with E-state index in [-0.39, 0.29) is 11.5 Å². The standard InChI is InChI=1S/C17H9FN4O3S/c18-12-7-5-10(6-8-12)15-19-17-21(20-15)16(23)14(26-17)9-11-3-1-2-4-13(11)22(24)25/h1-9H. The molecule has 128 valence electrons. The summed E-state index contributed by atoms with van der Waals surface area (Å²) in [7, 11) is 0. The fourth-order valence-electron chi connectivity index (χ4n) is 2.47. The molecule has 2 aromatic carbocycles. The van der Waals surface area contributed by atoms with Crippen molar-refractivity contribution in [3.63, 3.8) is 0 Å². The number of hydrogen-bond acceptors (Lipinski definition) is 6. The van der Waals surface area contributed by atoms with Gasteiger partial charge in [0.2, 0.25) is 4.96 Å². The van der Waals surface area contributed by atoms with Crippen molar-refractivity contribution in [1.82, 2.24) is 14.6 Å². The van der Waals surface area contributed by atoms with Crippen LogP contribution < -0.4 is 10.1 Å². The lowest BCUT2D eigenvalue weighted by Crippen LogP contribution is -2.23. The fourth-order valence-corrected chi connectivity index (χ4v) is 3.37. The van der Waals surface area contributed by atoms with Crippen LogP contribution in [0.2, 0.25) is 0 Å². The Hall–Kier alpha value is -3.46. The second-order valence-corrected chi connectivity index (χ2v) is 6.38. The quantitative estimate of drug-likeness (QED) is 0.409. The van der Waals surface area contributed by atoms with Crippen molar-refractivity contribution in [1.29, 1.82) is 0 Å². The number of thiazole rings is 1. The highest BCUT2D eigenvalue weighted by Crippen LogP contribution is 2.19. The molecule has 26 heavy (non-hydrogen) atoms. The van der Waals surface area contributed by atoms with E-state index in [2.05, 4.69) is 10.1 Å². The molecule has 0 amide bonds. The Bertz CT molecular complexity index is 1250. The number of fused-ring (bicyclic) bond motifs is 1. The second-order valence-electron chi connectivity index (χ2n) is 5.37. The highest BCUT2D eigenvalue weighted by atomic mass is 32.1. The van der Waals surface area contributed by atoms with Gasteiger partial charge in [0.05, 0.1) is 15.0 Å². The third-order valence-corrected chi connectivity index (χ3v) is 4.66. The molecule has 0 radical (unpaired) electrons. The van der Waals surface area contributed by atoms with Gasteiger partial charge in [-0.2, -0.15) is 9.50 Å². The minimum absolute atomic E-state index is 0.0853. The van der Waals surface area contributed by atoms with E-state index in [1.165, 1.54) is 36.4 Å². The fraction of sp³-hybridized carbons (Fsp3) is 0. The lowest BCUT2D eigenvalue weighted by atomic mass is 10.2. The van der Waals surface area contributed by atoms with Crippen LogP contribution >= 0.6 is 11.3 Å². The molecular formula is C17H9FN4O3S. The van der Waals surface area contributed by atoms with Crippen LogP contribution in [0, 0.1) is 15.9 Å². The smallest absolute Gasteiger partial charge is 0.266 e. The minimum Gasteiger partial charge on any atom is -0.266 e. The Balaban J connectivity index is 1.83. The highest BCUT2D eigenvalue weighted by Gasteiger charge is 2.14. The van der Waals surface area contributed by atoms with Crippen LogP contribution in [0.4, 0.5) is 10.1 Å². The van der Waals surface area contributed by atoms with Gasteiger partial charge in [-0.25, -0.2) is 4.39 Å². The average molecular weight is 368 g/mol. The topological polar surface area (TPSA) is 90.4 Å². The summed E-state index contributed by atoms with van der Waals surface area (Å²) >= 11 is 1.08. The van der Waals surface area contributed by atoms with Crippen molar-refractivity contribution < 1.29 is 9.31 Å². The molecule has 0 aliphatic rings. The zero-order chi connectivity index (χ0) is 18.3. The van der Waals surface area contributed by atoms with Gasteiger partial charge in [-0.3, -0.25) is 14.9 Å². The molecule has 0 bridgehead atoms. The van der Waals surface area contributed by atoms with Crippen LogP contribution in [0.1, 0.15) is 5.56 Å². The zero-order valence-electron chi connectivity index (χ0n) is 13.0. The van der Waals surface area contributed by atoms with Crippen molar-refractivity contribution in [2.24, 2.45) is 0 Å². The maximum absolute atomic E-state index is 13.0. The zero-order valence-corrected chi connectivity index (χ0v) is 13.8. The molecule has 2 heterocycles. The molecule has 4 aromatic rings. The van der Waals surface area contributed by atoms with E-state index in [1.807, 2.05) is 0 Å². The molecule has 0 atom stereocenters. The number of hydrogen-bond donors (Lipinski definition) is 0. The molecule has 9 heteroatoms. The van der Waals surface area contributed by atoms with E-state index in [0.717, 1.165) is 15.9 Å².